The van der Waals surface area contributed by atoms with Crippen LogP contribution in [0.1, 0.15) is 47.8 Å². The van der Waals surface area contributed by atoms with Crippen LogP contribution in [0.4, 0.5) is 0 Å². The number of carbonyl (C=O) groups excluding carboxylic acids is 2. The highest BCUT2D eigenvalue weighted by atomic mass is 16.2. The minimum atomic E-state index is -0.0213. The van der Waals surface area contributed by atoms with Crippen molar-refractivity contribution in [1.82, 2.24) is 20.0 Å². The number of likely N-dealkylation sites (tertiary alicyclic amines) is 1. The van der Waals surface area contributed by atoms with Gasteiger partial charge in [0.2, 0.25) is 11.8 Å². The molecular weight excluding hydrogens is 376 g/mol. The van der Waals surface area contributed by atoms with Crippen molar-refractivity contribution in [3.05, 3.63) is 58.4 Å². The summed E-state index contributed by atoms with van der Waals surface area (Å²) < 4.78 is 1.99. The largest absolute Gasteiger partial charge is 0.356 e. The molecule has 1 aliphatic heterocycles. The van der Waals surface area contributed by atoms with Gasteiger partial charge in [0, 0.05) is 43.9 Å². The van der Waals surface area contributed by atoms with Crippen LogP contribution < -0.4 is 5.32 Å². The van der Waals surface area contributed by atoms with Crippen molar-refractivity contribution in [3.63, 3.8) is 0 Å². The van der Waals surface area contributed by atoms with E-state index in [0.29, 0.717) is 25.6 Å². The van der Waals surface area contributed by atoms with Crippen molar-refractivity contribution >= 4 is 17.9 Å². The number of aromatic nitrogens is 2. The van der Waals surface area contributed by atoms with Crippen molar-refractivity contribution in [2.45, 2.75) is 47.1 Å². The van der Waals surface area contributed by atoms with Gasteiger partial charge in [-0.2, -0.15) is 5.10 Å². The molecule has 1 fully saturated rings. The zero-order valence-electron chi connectivity index (χ0n) is 18.4. The minimum absolute atomic E-state index is 0.0209. The maximum atomic E-state index is 12.7. The van der Waals surface area contributed by atoms with Crippen LogP contribution in [0.2, 0.25) is 0 Å². The Morgan fingerprint density at radius 3 is 2.63 bits per heavy atom. The van der Waals surface area contributed by atoms with Gasteiger partial charge in [0.1, 0.15) is 0 Å². The lowest BCUT2D eigenvalue weighted by Gasteiger charge is -2.32. The highest BCUT2D eigenvalue weighted by Gasteiger charge is 2.22. The van der Waals surface area contributed by atoms with E-state index in [1.54, 1.807) is 6.08 Å². The normalized spacial score (nSPS) is 16.8. The number of nitrogens with zero attached hydrogens (tertiary/aromatic N) is 3. The van der Waals surface area contributed by atoms with Gasteiger partial charge < -0.3 is 10.2 Å². The zero-order valence-corrected chi connectivity index (χ0v) is 18.4. The molecule has 160 valence electrons. The number of benzene rings is 1. The number of amides is 2. The summed E-state index contributed by atoms with van der Waals surface area (Å²) in [4.78, 5) is 25.8. The number of aryl methyl sites for hydroxylation is 2. The molecule has 1 aromatic heterocycles. The Morgan fingerprint density at radius 2 is 1.93 bits per heavy atom. The quantitative estimate of drug-likeness (QED) is 0.746. The van der Waals surface area contributed by atoms with Gasteiger partial charge in [-0.15, -0.1) is 0 Å². The summed E-state index contributed by atoms with van der Waals surface area (Å²) in [6.07, 6.45) is 5.56. The molecule has 0 aliphatic carbocycles. The second kappa shape index (κ2) is 9.74. The predicted octanol–water partition coefficient (Wildman–Crippen LogP) is 3.24. The molecule has 1 atom stereocenters. The monoisotopic (exact) mass is 408 g/mol. The van der Waals surface area contributed by atoms with Crippen molar-refractivity contribution in [3.8, 4) is 0 Å². The van der Waals surface area contributed by atoms with Crippen LogP contribution in [0.3, 0.4) is 0 Å². The topological polar surface area (TPSA) is 67.2 Å². The average Bonchev–Trinajstić information content (AvgIpc) is 2.99. The van der Waals surface area contributed by atoms with Gasteiger partial charge in [-0.3, -0.25) is 14.3 Å². The van der Waals surface area contributed by atoms with E-state index in [1.165, 1.54) is 18.1 Å². The third kappa shape index (κ3) is 5.59. The summed E-state index contributed by atoms with van der Waals surface area (Å²) >= 11 is 0. The first-order valence-corrected chi connectivity index (χ1v) is 10.6. The predicted molar refractivity (Wildman–Crippen MR) is 119 cm³/mol. The van der Waals surface area contributed by atoms with Gasteiger partial charge >= 0.3 is 0 Å². The summed E-state index contributed by atoms with van der Waals surface area (Å²) in [5.74, 6) is 0.320. The standard InChI is InChI=1S/C24H32N4O2/c1-17-7-9-21(10-8-17)16-28-19(3)23(18(2)26-28)11-12-24(30)27-13-5-6-22(15-27)14-25-20(4)29/h7-12,22H,5-6,13-16H2,1-4H3,(H,25,29). The summed E-state index contributed by atoms with van der Waals surface area (Å²) in [5, 5.41) is 7.54. The molecule has 1 aromatic carbocycles. The fourth-order valence-corrected chi connectivity index (χ4v) is 3.95. The van der Waals surface area contributed by atoms with E-state index in [1.807, 2.05) is 29.5 Å². The molecule has 6 nitrogen and oxygen atoms in total. The summed E-state index contributed by atoms with van der Waals surface area (Å²) in [5.41, 5.74) is 5.43. The second-order valence-corrected chi connectivity index (χ2v) is 8.29. The van der Waals surface area contributed by atoms with Gasteiger partial charge in [0.25, 0.3) is 0 Å². The van der Waals surface area contributed by atoms with E-state index >= 15 is 0 Å². The molecule has 1 saturated heterocycles. The third-order valence-electron chi connectivity index (χ3n) is 5.75. The van der Waals surface area contributed by atoms with Crippen LogP contribution in [0.25, 0.3) is 6.08 Å². The van der Waals surface area contributed by atoms with Crippen molar-refractivity contribution in [1.29, 1.82) is 0 Å². The van der Waals surface area contributed by atoms with Crippen LogP contribution in [0, 0.1) is 26.7 Å². The van der Waals surface area contributed by atoms with Gasteiger partial charge in [0.05, 0.1) is 12.2 Å². The van der Waals surface area contributed by atoms with Crippen LogP contribution >= 0.6 is 0 Å². The fourth-order valence-electron chi connectivity index (χ4n) is 3.95. The second-order valence-electron chi connectivity index (χ2n) is 8.29. The van der Waals surface area contributed by atoms with Crippen LogP contribution in [-0.2, 0) is 16.1 Å². The Hall–Kier alpha value is -2.89. The SMILES string of the molecule is CC(=O)NCC1CCCN(C(=O)C=Cc2c(C)nn(Cc3ccc(C)cc3)c2C)C1. The average molecular weight is 409 g/mol. The first-order valence-electron chi connectivity index (χ1n) is 10.6. The Labute approximate surface area is 179 Å². The van der Waals surface area contributed by atoms with E-state index < -0.39 is 0 Å². The Balaban J connectivity index is 1.65. The van der Waals surface area contributed by atoms with E-state index in [4.69, 9.17) is 0 Å². The number of rotatable bonds is 6. The molecule has 2 heterocycles. The number of hydrogen-bond donors (Lipinski definition) is 1. The molecule has 0 bridgehead atoms. The number of piperidine rings is 1. The molecule has 30 heavy (non-hydrogen) atoms. The molecule has 0 saturated carbocycles. The lowest BCUT2D eigenvalue weighted by Crippen LogP contribution is -2.42. The molecule has 1 aliphatic rings. The van der Waals surface area contributed by atoms with Gasteiger partial charge in [-0.25, -0.2) is 0 Å². The molecule has 2 amide bonds. The van der Waals surface area contributed by atoms with E-state index in [9.17, 15) is 9.59 Å². The Morgan fingerprint density at radius 1 is 1.20 bits per heavy atom. The van der Waals surface area contributed by atoms with Crippen LogP contribution in [0.15, 0.2) is 30.3 Å². The first kappa shape index (κ1) is 21.8. The van der Waals surface area contributed by atoms with Crippen LogP contribution in [-0.4, -0.2) is 46.1 Å². The van der Waals surface area contributed by atoms with Crippen LogP contribution in [0.5, 0.6) is 0 Å². The lowest BCUT2D eigenvalue weighted by atomic mass is 9.98. The highest BCUT2D eigenvalue weighted by molar-refractivity contribution is 5.92. The van der Waals surface area contributed by atoms with Gasteiger partial charge in [0.15, 0.2) is 0 Å². The summed E-state index contributed by atoms with van der Waals surface area (Å²) in [7, 11) is 0. The lowest BCUT2D eigenvalue weighted by molar-refractivity contribution is -0.127. The number of hydrogen-bond acceptors (Lipinski definition) is 3. The molecule has 6 heteroatoms. The molecule has 3 rings (SSSR count). The maximum Gasteiger partial charge on any atom is 0.246 e. The van der Waals surface area contributed by atoms with Gasteiger partial charge in [-0.05, 0) is 51.2 Å². The Bertz CT molecular complexity index is 927. The molecular formula is C24H32N4O2. The van der Waals surface area contributed by atoms with E-state index in [0.717, 1.165) is 36.3 Å². The van der Waals surface area contributed by atoms with E-state index in [2.05, 4.69) is 41.6 Å². The number of nitrogens with one attached hydrogen (secondary N) is 1. The summed E-state index contributed by atoms with van der Waals surface area (Å²) in [6.45, 7) is 10.4. The zero-order chi connectivity index (χ0) is 21.7. The molecule has 0 spiro atoms. The molecule has 0 radical (unpaired) electrons. The Kier molecular flexibility index (Phi) is 7.08. The third-order valence-corrected chi connectivity index (χ3v) is 5.75. The smallest absolute Gasteiger partial charge is 0.246 e. The van der Waals surface area contributed by atoms with Crippen molar-refractivity contribution in [2.75, 3.05) is 19.6 Å². The summed E-state index contributed by atoms with van der Waals surface area (Å²) in [6, 6.07) is 8.47. The van der Waals surface area contributed by atoms with Crippen molar-refractivity contribution < 1.29 is 9.59 Å². The van der Waals surface area contributed by atoms with Gasteiger partial charge in [-0.1, -0.05) is 29.8 Å². The molecule has 1 unspecified atom stereocenters. The maximum absolute atomic E-state index is 12.7. The molecule has 1 N–H and O–H groups in total. The number of carbonyl (C=O) groups is 2. The minimum Gasteiger partial charge on any atom is -0.356 e. The fraction of sp³-hybridized carbons (Fsp3) is 0.458. The molecule has 2 aromatic rings. The van der Waals surface area contributed by atoms with E-state index in [-0.39, 0.29) is 11.8 Å². The first-order chi connectivity index (χ1) is 14.3. The highest BCUT2D eigenvalue weighted by Crippen LogP contribution is 2.19. The van der Waals surface area contributed by atoms with Crippen molar-refractivity contribution in [2.24, 2.45) is 5.92 Å².